The maximum absolute atomic E-state index is 12.4. The molecule has 1 N–H and O–H groups in total. The Bertz CT molecular complexity index is 730. The van der Waals surface area contributed by atoms with E-state index in [9.17, 15) is 9.00 Å². The van der Waals surface area contributed by atoms with Crippen molar-refractivity contribution in [1.82, 2.24) is 0 Å². The van der Waals surface area contributed by atoms with Gasteiger partial charge in [0.1, 0.15) is 11.5 Å². The van der Waals surface area contributed by atoms with Gasteiger partial charge in [0.25, 0.3) is 5.91 Å². The molecule has 5 nitrogen and oxygen atoms in total. The van der Waals surface area contributed by atoms with Crippen LogP contribution < -0.4 is 14.8 Å². The molecule has 1 unspecified atom stereocenters. The third-order valence-corrected chi connectivity index (χ3v) is 3.96. The van der Waals surface area contributed by atoms with E-state index in [2.05, 4.69) is 5.32 Å². The highest BCUT2D eigenvalue weighted by molar-refractivity contribution is 7.83. The molecule has 23 heavy (non-hydrogen) atoms. The van der Waals surface area contributed by atoms with E-state index in [4.69, 9.17) is 9.47 Å². The third kappa shape index (κ3) is 4.56. The van der Waals surface area contributed by atoms with E-state index in [-0.39, 0.29) is 5.91 Å². The number of carbonyl (C=O) groups excluding carboxylic acids is 1. The molecule has 0 radical (unpaired) electrons. The minimum Gasteiger partial charge on any atom is -0.497 e. The summed E-state index contributed by atoms with van der Waals surface area (Å²) in [6, 6.07) is 12.3. The van der Waals surface area contributed by atoms with Gasteiger partial charge in [-0.05, 0) is 29.8 Å². The van der Waals surface area contributed by atoms with Crippen LogP contribution in [0.2, 0.25) is 0 Å². The Kier molecular flexibility index (Phi) is 5.76. The second kappa shape index (κ2) is 7.78. The van der Waals surface area contributed by atoms with Crippen molar-refractivity contribution in [2.45, 2.75) is 5.75 Å². The smallest absolute Gasteiger partial charge is 0.255 e. The molecule has 6 heteroatoms. The molecule has 1 amide bonds. The van der Waals surface area contributed by atoms with Crippen molar-refractivity contribution < 1.29 is 18.5 Å². The first-order valence-corrected chi connectivity index (χ1v) is 8.68. The maximum Gasteiger partial charge on any atom is 0.255 e. The highest BCUT2D eigenvalue weighted by Gasteiger charge is 2.11. The fraction of sp³-hybridized carbons (Fsp3) is 0.235. The van der Waals surface area contributed by atoms with Gasteiger partial charge >= 0.3 is 0 Å². The Balaban J connectivity index is 2.20. The molecular weight excluding hydrogens is 314 g/mol. The molecule has 2 rings (SSSR count). The van der Waals surface area contributed by atoms with Crippen molar-refractivity contribution in [2.75, 3.05) is 25.8 Å². The van der Waals surface area contributed by atoms with Crippen LogP contribution >= 0.6 is 0 Å². The van der Waals surface area contributed by atoms with Crippen LogP contribution in [0.5, 0.6) is 11.5 Å². The van der Waals surface area contributed by atoms with Crippen LogP contribution in [0.3, 0.4) is 0 Å². The van der Waals surface area contributed by atoms with Crippen LogP contribution in [-0.2, 0) is 16.6 Å². The molecule has 0 saturated heterocycles. The van der Waals surface area contributed by atoms with Crippen LogP contribution in [0.25, 0.3) is 0 Å². The predicted molar refractivity (Wildman–Crippen MR) is 91.7 cm³/mol. The summed E-state index contributed by atoms with van der Waals surface area (Å²) in [5.74, 6) is 1.33. The van der Waals surface area contributed by atoms with Gasteiger partial charge < -0.3 is 14.8 Å². The van der Waals surface area contributed by atoms with Crippen LogP contribution in [0.1, 0.15) is 15.9 Å². The standard InChI is InChI=1S/C17H19NO4S/c1-21-14-7-8-15(16(10-14)22-2)18-17(19)13-6-4-5-12(9-13)11-23(3)20/h4-10H,11H2,1-3H3,(H,18,19). The maximum atomic E-state index is 12.4. The van der Waals surface area contributed by atoms with E-state index in [1.54, 1.807) is 49.8 Å². The van der Waals surface area contributed by atoms with E-state index in [1.807, 2.05) is 6.07 Å². The number of carbonyl (C=O) groups is 1. The van der Waals surface area contributed by atoms with Gasteiger partial charge in [0, 0.05) is 34.4 Å². The molecule has 0 spiro atoms. The molecule has 0 aromatic heterocycles. The van der Waals surface area contributed by atoms with Crippen LogP contribution in [0, 0.1) is 0 Å². The Morgan fingerprint density at radius 3 is 2.57 bits per heavy atom. The highest BCUT2D eigenvalue weighted by atomic mass is 32.2. The summed E-state index contributed by atoms with van der Waals surface area (Å²) < 4.78 is 21.7. The Hall–Kier alpha value is -2.34. The molecule has 1 atom stereocenters. The molecule has 2 aromatic carbocycles. The largest absolute Gasteiger partial charge is 0.497 e. The van der Waals surface area contributed by atoms with Gasteiger partial charge in [-0.1, -0.05) is 12.1 Å². The van der Waals surface area contributed by atoms with Crippen molar-refractivity contribution in [1.29, 1.82) is 0 Å². The van der Waals surface area contributed by atoms with Gasteiger partial charge in [-0.2, -0.15) is 0 Å². The molecule has 0 saturated carbocycles. The minimum absolute atomic E-state index is 0.253. The van der Waals surface area contributed by atoms with Gasteiger partial charge in [0.05, 0.1) is 19.9 Å². The number of hydrogen-bond acceptors (Lipinski definition) is 4. The first-order valence-electron chi connectivity index (χ1n) is 6.96. The summed E-state index contributed by atoms with van der Waals surface area (Å²) in [5.41, 5.74) is 1.92. The first-order chi connectivity index (χ1) is 11.0. The lowest BCUT2D eigenvalue weighted by atomic mass is 10.1. The lowest BCUT2D eigenvalue weighted by Crippen LogP contribution is -2.13. The fourth-order valence-corrected chi connectivity index (χ4v) is 2.78. The number of rotatable bonds is 6. The summed E-state index contributed by atoms with van der Waals surface area (Å²) in [6.07, 6.45) is 1.63. The van der Waals surface area contributed by atoms with Gasteiger partial charge in [-0.25, -0.2) is 0 Å². The topological polar surface area (TPSA) is 64.6 Å². The van der Waals surface area contributed by atoms with Crippen molar-refractivity contribution in [2.24, 2.45) is 0 Å². The number of hydrogen-bond donors (Lipinski definition) is 1. The average molecular weight is 333 g/mol. The lowest BCUT2D eigenvalue weighted by molar-refractivity contribution is 0.102. The summed E-state index contributed by atoms with van der Waals surface area (Å²) in [4.78, 5) is 12.4. The predicted octanol–water partition coefficient (Wildman–Crippen LogP) is 2.83. The molecule has 0 aliphatic heterocycles. The van der Waals surface area contributed by atoms with Crippen LogP contribution in [0.15, 0.2) is 42.5 Å². The first kappa shape index (κ1) is 17.0. The molecule has 0 bridgehead atoms. The molecular formula is C17H19NO4S. The number of benzene rings is 2. The number of methoxy groups -OCH3 is 2. The second-order valence-electron chi connectivity index (χ2n) is 4.94. The third-order valence-electron chi connectivity index (χ3n) is 3.22. The Morgan fingerprint density at radius 2 is 1.91 bits per heavy atom. The average Bonchev–Trinajstić information content (AvgIpc) is 2.54. The quantitative estimate of drug-likeness (QED) is 0.883. The summed E-state index contributed by atoms with van der Waals surface area (Å²) in [6.45, 7) is 0. The number of nitrogens with one attached hydrogen (secondary N) is 1. The van der Waals surface area contributed by atoms with Gasteiger partial charge in [-0.15, -0.1) is 0 Å². The fourth-order valence-electron chi connectivity index (χ4n) is 2.13. The zero-order valence-corrected chi connectivity index (χ0v) is 14.1. The second-order valence-corrected chi connectivity index (χ2v) is 6.37. The highest BCUT2D eigenvalue weighted by Crippen LogP contribution is 2.29. The number of ether oxygens (including phenoxy) is 2. The molecule has 0 fully saturated rings. The Labute approximate surface area is 138 Å². The summed E-state index contributed by atoms with van der Waals surface area (Å²) in [5, 5.41) is 2.81. The van der Waals surface area contributed by atoms with Crippen LogP contribution in [-0.4, -0.2) is 30.6 Å². The van der Waals surface area contributed by atoms with E-state index in [0.717, 1.165) is 5.56 Å². The number of anilines is 1. The van der Waals surface area contributed by atoms with Gasteiger partial charge in [0.15, 0.2) is 0 Å². The van der Waals surface area contributed by atoms with E-state index in [0.29, 0.717) is 28.5 Å². The lowest BCUT2D eigenvalue weighted by Gasteiger charge is -2.12. The zero-order valence-electron chi connectivity index (χ0n) is 13.3. The van der Waals surface area contributed by atoms with Gasteiger partial charge in [-0.3, -0.25) is 9.00 Å². The molecule has 0 aliphatic rings. The normalized spacial score (nSPS) is 11.6. The molecule has 0 heterocycles. The SMILES string of the molecule is COc1ccc(NC(=O)c2cccc(CS(C)=O)c2)c(OC)c1. The Morgan fingerprint density at radius 1 is 1.13 bits per heavy atom. The van der Waals surface area contributed by atoms with E-state index >= 15 is 0 Å². The van der Waals surface area contributed by atoms with Crippen molar-refractivity contribution in [3.63, 3.8) is 0 Å². The minimum atomic E-state index is -0.950. The molecule has 122 valence electrons. The summed E-state index contributed by atoms with van der Waals surface area (Å²) >= 11 is 0. The van der Waals surface area contributed by atoms with Crippen LogP contribution in [0.4, 0.5) is 5.69 Å². The van der Waals surface area contributed by atoms with E-state index in [1.165, 1.54) is 7.11 Å². The molecule has 0 aliphatic carbocycles. The molecule has 2 aromatic rings. The summed E-state index contributed by atoms with van der Waals surface area (Å²) in [7, 11) is 2.14. The number of amides is 1. The van der Waals surface area contributed by atoms with Gasteiger partial charge in [0.2, 0.25) is 0 Å². The van der Waals surface area contributed by atoms with Crippen molar-refractivity contribution in [3.05, 3.63) is 53.6 Å². The monoisotopic (exact) mass is 333 g/mol. The van der Waals surface area contributed by atoms with E-state index < -0.39 is 10.8 Å². The van der Waals surface area contributed by atoms with Crippen molar-refractivity contribution >= 4 is 22.4 Å². The zero-order chi connectivity index (χ0) is 16.8. The van der Waals surface area contributed by atoms with Crippen molar-refractivity contribution in [3.8, 4) is 11.5 Å².